The highest BCUT2D eigenvalue weighted by Crippen LogP contribution is 2.44. The summed E-state index contributed by atoms with van der Waals surface area (Å²) in [7, 11) is 0. The standard InChI is InChI=1S/C17H29N3O/c1-13(2)11-17(7-3-4-8-17)16-19-15(20-21-16)10-14-6-5-9-18-12-14/h13-14,18H,3-12H2,1-2H3. The SMILES string of the molecule is CC(C)CC1(c2nc(CC3CCCNC3)no2)CCCC1. The van der Waals surface area contributed by atoms with Crippen LogP contribution in [0.1, 0.15) is 70.5 Å². The van der Waals surface area contributed by atoms with E-state index in [2.05, 4.69) is 24.3 Å². The molecule has 1 aliphatic carbocycles. The van der Waals surface area contributed by atoms with Crippen molar-refractivity contribution in [1.82, 2.24) is 15.5 Å². The summed E-state index contributed by atoms with van der Waals surface area (Å²) in [4.78, 5) is 4.81. The summed E-state index contributed by atoms with van der Waals surface area (Å²) in [6, 6.07) is 0. The molecular weight excluding hydrogens is 262 g/mol. The lowest BCUT2D eigenvalue weighted by Crippen LogP contribution is -2.31. The molecular formula is C17H29N3O. The van der Waals surface area contributed by atoms with E-state index in [9.17, 15) is 0 Å². The molecule has 1 saturated carbocycles. The Morgan fingerprint density at radius 2 is 2.10 bits per heavy atom. The highest BCUT2D eigenvalue weighted by atomic mass is 16.5. The summed E-state index contributed by atoms with van der Waals surface area (Å²) in [5.41, 5.74) is 0.171. The molecule has 2 aliphatic rings. The Kier molecular flexibility index (Phi) is 4.63. The summed E-state index contributed by atoms with van der Waals surface area (Å²) in [5, 5.41) is 7.76. The Morgan fingerprint density at radius 1 is 1.29 bits per heavy atom. The fourth-order valence-corrected chi connectivity index (χ4v) is 4.25. The molecule has 0 aromatic carbocycles. The third-order valence-electron chi connectivity index (χ3n) is 5.15. The van der Waals surface area contributed by atoms with Gasteiger partial charge in [-0.25, -0.2) is 0 Å². The molecule has 21 heavy (non-hydrogen) atoms. The minimum absolute atomic E-state index is 0.171. The minimum Gasteiger partial charge on any atom is -0.339 e. The van der Waals surface area contributed by atoms with E-state index < -0.39 is 0 Å². The van der Waals surface area contributed by atoms with Gasteiger partial charge in [-0.05, 0) is 57.0 Å². The van der Waals surface area contributed by atoms with Gasteiger partial charge in [-0.3, -0.25) is 0 Å². The molecule has 0 amide bonds. The van der Waals surface area contributed by atoms with Crippen LogP contribution in [-0.4, -0.2) is 23.2 Å². The highest BCUT2D eigenvalue weighted by molar-refractivity contribution is 5.09. The first-order valence-electron chi connectivity index (χ1n) is 8.72. The Hall–Kier alpha value is -0.900. The molecule has 1 unspecified atom stereocenters. The summed E-state index contributed by atoms with van der Waals surface area (Å²) in [5.74, 6) is 3.20. The quantitative estimate of drug-likeness (QED) is 0.902. The predicted octanol–water partition coefficient (Wildman–Crippen LogP) is 3.47. The van der Waals surface area contributed by atoms with Crippen LogP contribution >= 0.6 is 0 Å². The number of piperidine rings is 1. The van der Waals surface area contributed by atoms with Crippen molar-refractivity contribution < 1.29 is 4.52 Å². The Balaban J connectivity index is 1.70. The topological polar surface area (TPSA) is 51.0 Å². The van der Waals surface area contributed by atoms with E-state index in [1.165, 1.54) is 44.9 Å². The van der Waals surface area contributed by atoms with Gasteiger partial charge in [0.15, 0.2) is 5.82 Å². The third kappa shape index (κ3) is 3.47. The Labute approximate surface area is 128 Å². The van der Waals surface area contributed by atoms with Gasteiger partial charge in [0.05, 0.1) is 0 Å². The highest BCUT2D eigenvalue weighted by Gasteiger charge is 2.41. The smallest absolute Gasteiger partial charge is 0.232 e. The summed E-state index contributed by atoms with van der Waals surface area (Å²) in [6.07, 6.45) is 9.75. The van der Waals surface area contributed by atoms with E-state index in [-0.39, 0.29) is 5.41 Å². The minimum atomic E-state index is 0.171. The van der Waals surface area contributed by atoms with Crippen molar-refractivity contribution in [1.29, 1.82) is 0 Å². The van der Waals surface area contributed by atoms with Gasteiger partial charge in [-0.15, -0.1) is 0 Å². The lowest BCUT2D eigenvalue weighted by molar-refractivity contribution is 0.243. The van der Waals surface area contributed by atoms with Crippen molar-refractivity contribution in [2.75, 3.05) is 13.1 Å². The molecule has 0 spiro atoms. The average molecular weight is 291 g/mol. The van der Waals surface area contributed by atoms with Crippen LogP contribution in [0.15, 0.2) is 4.52 Å². The Morgan fingerprint density at radius 3 is 2.76 bits per heavy atom. The van der Waals surface area contributed by atoms with Crippen LogP contribution in [0.2, 0.25) is 0 Å². The second kappa shape index (κ2) is 6.47. The molecule has 4 nitrogen and oxygen atoms in total. The maximum atomic E-state index is 5.71. The zero-order valence-electron chi connectivity index (χ0n) is 13.5. The third-order valence-corrected chi connectivity index (χ3v) is 5.15. The number of rotatable bonds is 5. The van der Waals surface area contributed by atoms with Crippen molar-refractivity contribution in [2.24, 2.45) is 11.8 Å². The molecule has 0 bridgehead atoms. The molecule has 1 aromatic rings. The van der Waals surface area contributed by atoms with Crippen molar-refractivity contribution in [2.45, 2.75) is 70.6 Å². The molecule has 2 fully saturated rings. The maximum absolute atomic E-state index is 5.71. The number of hydrogen-bond donors (Lipinski definition) is 1. The molecule has 2 heterocycles. The summed E-state index contributed by atoms with van der Waals surface area (Å²) < 4.78 is 5.71. The maximum Gasteiger partial charge on any atom is 0.232 e. The predicted molar refractivity (Wildman–Crippen MR) is 83.2 cm³/mol. The van der Waals surface area contributed by atoms with Gasteiger partial charge in [0.1, 0.15) is 0 Å². The number of aromatic nitrogens is 2. The van der Waals surface area contributed by atoms with Gasteiger partial charge in [0.25, 0.3) is 0 Å². The van der Waals surface area contributed by atoms with Crippen molar-refractivity contribution in [3.8, 4) is 0 Å². The van der Waals surface area contributed by atoms with E-state index in [1.807, 2.05) is 0 Å². The summed E-state index contributed by atoms with van der Waals surface area (Å²) >= 11 is 0. The molecule has 4 heteroatoms. The largest absolute Gasteiger partial charge is 0.339 e. The van der Waals surface area contributed by atoms with Gasteiger partial charge >= 0.3 is 0 Å². The number of nitrogens with one attached hydrogen (secondary N) is 1. The monoisotopic (exact) mass is 291 g/mol. The van der Waals surface area contributed by atoms with Crippen LogP contribution < -0.4 is 5.32 Å². The van der Waals surface area contributed by atoms with Crippen molar-refractivity contribution in [3.05, 3.63) is 11.7 Å². The van der Waals surface area contributed by atoms with E-state index in [4.69, 9.17) is 9.51 Å². The molecule has 1 N–H and O–H groups in total. The van der Waals surface area contributed by atoms with Crippen molar-refractivity contribution >= 4 is 0 Å². The fraction of sp³-hybridized carbons (Fsp3) is 0.882. The van der Waals surface area contributed by atoms with Crippen LogP contribution in [0.5, 0.6) is 0 Å². The van der Waals surface area contributed by atoms with E-state index >= 15 is 0 Å². The normalized spacial score (nSPS) is 25.6. The van der Waals surface area contributed by atoms with Crippen molar-refractivity contribution in [3.63, 3.8) is 0 Å². The molecule has 118 valence electrons. The average Bonchev–Trinajstić information content (AvgIpc) is 3.09. The second-order valence-corrected chi connectivity index (χ2v) is 7.52. The van der Waals surface area contributed by atoms with E-state index in [0.29, 0.717) is 11.8 Å². The molecule has 1 atom stereocenters. The first-order chi connectivity index (χ1) is 10.2. The first kappa shape index (κ1) is 15.0. The fourth-order valence-electron chi connectivity index (χ4n) is 4.25. The van der Waals surface area contributed by atoms with Gasteiger partial charge in [0.2, 0.25) is 5.89 Å². The first-order valence-corrected chi connectivity index (χ1v) is 8.72. The van der Waals surface area contributed by atoms with Crippen LogP contribution in [-0.2, 0) is 11.8 Å². The molecule has 0 radical (unpaired) electrons. The molecule has 3 rings (SSSR count). The molecule has 1 aliphatic heterocycles. The Bertz CT molecular complexity index is 443. The summed E-state index contributed by atoms with van der Waals surface area (Å²) in [6.45, 7) is 6.85. The lowest BCUT2D eigenvalue weighted by atomic mass is 9.78. The molecule has 1 aromatic heterocycles. The van der Waals surface area contributed by atoms with Crippen LogP contribution in [0.25, 0.3) is 0 Å². The van der Waals surface area contributed by atoms with Gasteiger partial charge in [-0.1, -0.05) is 31.8 Å². The number of hydrogen-bond acceptors (Lipinski definition) is 4. The van der Waals surface area contributed by atoms with E-state index in [0.717, 1.165) is 31.2 Å². The van der Waals surface area contributed by atoms with Crippen LogP contribution in [0.4, 0.5) is 0 Å². The van der Waals surface area contributed by atoms with Gasteiger partial charge in [0, 0.05) is 11.8 Å². The lowest BCUT2D eigenvalue weighted by Gasteiger charge is -2.26. The van der Waals surface area contributed by atoms with Crippen LogP contribution in [0, 0.1) is 11.8 Å². The van der Waals surface area contributed by atoms with Gasteiger partial charge in [-0.2, -0.15) is 4.98 Å². The zero-order valence-corrected chi connectivity index (χ0v) is 13.5. The second-order valence-electron chi connectivity index (χ2n) is 7.52. The molecule has 1 saturated heterocycles. The van der Waals surface area contributed by atoms with E-state index in [1.54, 1.807) is 0 Å². The zero-order chi connectivity index (χ0) is 14.7. The van der Waals surface area contributed by atoms with Gasteiger partial charge < -0.3 is 9.84 Å². The van der Waals surface area contributed by atoms with Crippen LogP contribution in [0.3, 0.4) is 0 Å². The number of nitrogens with zero attached hydrogens (tertiary/aromatic N) is 2.